The zero-order valence-electron chi connectivity index (χ0n) is 11.3. The van der Waals surface area contributed by atoms with Crippen molar-refractivity contribution in [3.8, 4) is 0 Å². The van der Waals surface area contributed by atoms with E-state index in [1.807, 2.05) is 11.3 Å². The van der Waals surface area contributed by atoms with Crippen LogP contribution in [0.2, 0.25) is 0 Å². The Hall–Kier alpha value is 0.100. The number of rotatable bonds is 3. The molecule has 0 saturated heterocycles. The first-order valence-corrected chi connectivity index (χ1v) is 9.16. The average Bonchev–Trinajstić information content (AvgIpc) is 2.86. The van der Waals surface area contributed by atoms with Gasteiger partial charge in [0, 0.05) is 9.35 Å². The van der Waals surface area contributed by atoms with Crippen LogP contribution in [0.3, 0.4) is 0 Å². The molecule has 19 heavy (non-hydrogen) atoms. The van der Waals surface area contributed by atoms with Gasteiger partial charge in [-0.15, -0.1) is 11.3 Å². The van der Waals surface area contributed by atoms with E-state index in [9.17, 15) is 0 Å². The SMILES string of the molecule is NNC(c1sccc1Br)C1CCC2CCCCC2C1. The summed E-state index contributed by atoms with van der Waals surface area (Å²) < 4.78 is 1.21. The van der Waals surface area contributed by atoms with Crippen LogP contribution in [0.1, 0.15) is 55.9 Å². The maximum absolute atomic E-state index is 5.87. The molecule has 2 nitrogen and oxygen atoms in total. The molecule has 4 atom stereocenters. The van der Waals surface area contributed by atoms with Crippen molar-refractivity contribution in [2.75, 3.05) is 0 Å². The van der Waals surface area contributed by atoms with Crippen LogP contribution in [0.15, 0.2) is 15.9 Å². The summed E-state index contributed by atoms with van der Waals surface area (Å²) in [5.74, 6) is 8.54. The van der Waals surface area contributed by atoms with Gasteiger partial charge in [-0.1, -0.05) is 25.7 Å². The van der Waals surface area contributed by atoms with Gasteiger partial charge in [-0.25, -0.2) is 0 Å². The summed E-state index contributed by atoms with van der Waals surface area (Å²) >= 11 is 5.47. The molecule has 3 rings (SSSR count). The third kappa shape index (κ3) is 2.92. The summed E-state index contributed by atoms with van der Waals surface area (Å²) in [6, 6.07) is 2.47. The van der Waals surface area contributed by atoms with E-state index in [4.69, 9.17) is 5.84 Å². The van der Waals surface area contributed by atoms with Gasteiger partial charge in [-0.2, -0.15) is 0 Å². The van der Waals surface area contributed by atoms with Gasteiger partial charge in [0.2, 0.25) is 0 Å². The second-order valence-corrected chi connectivity index (χ2v) is 7.96. The zero-order chi connectivity index (χ0) is 13.2. The first-order chi connectivity index (χ1) is 9.29. The smallest absolute Gasteiger partial charge is 0.0592 e. The fraction of sp³-hybridized carbons (Fsp3) is 0.733. The highest BCUT2D eigenvalue weighted by atomic mass is 79.9. The quantitative estimate of drug-likeness (QED) is 0.621. The van der Waals surface area contributed by atoms with Crippen molar-refractivity contribution < 1.29 is 0 Å². The standard InChI is InChI=1S/C15H23BrN2S/c16-13-7-8-19-15(13)14(18-17)12-6-5-10-3-1-2-4-11(10)9-12/h7-8,10-12,14,18H,1-6,9,17H2. The van der Waals surface area contributed by atoms with Gasteiger partial charge in [0.1, 0.15) is 0 Å². The predicted molar refractivity (Wildman–Crippen MR) is 84.9 cm³/mol. The molecule has 1 aromatic heterocycles. The Morgan fingerprint density at radius 1 is 1.21 bits per heavy atom. The molecule has 0 aliphatic heterocycles. The van der Waals surface area contributed by atoms with E-state index in [2.05, 4.69) is 32.8 Å². The predicted octanol–water partition coefficient (Wildman–Crippen LogP) is 4.62. The minimum atomic E-state index is 0.331. The van der Waals surface area contributed by atoms with Crippen molar-refractivity contribution in [1.29, 1.82) is 0 Å². The number of hydrazine groups is 1. The molecule has 1 heterocycles. The maximum atomic E-state index is 5.87. The first kappa shape index (κ1) is 14.1. The van der Waals surface area contributed by atoms with Gasteiger partial charge >= 0.3 is 0 Å². The molecule has 2 saturated carbocycles. The van der Waals surface area contributed by atoms with Gasteiger partial charge < -0.3 is 0 Å². The van der Waals surface area contributed by atoms with E-state index in [1.165, 1.54) is 54.3 Å². The fourth-order valence-electron chi connectivity index (χ4n) is 4.17. The van der Waals surface area contributed by atoms with E-state index < -0.39 is 0 Å². The van der Waals surface area contributed by atoms with Crippen molar-refractivity contribution in [3.63, 3.8) is 0 Å². The highest BCUT2D eigenvalue weighted by Crippen LogP contribution is 2.47. The maximum Gasteiger partial charge on any atom is 0.0592 e. The minimum Gasteiger partial charge on any atom is -0.271 e. The lowest BCUT2D eigenvalue weighted by molar-refractivity contribution is 0.110. The topological polar surface area (TPSA) is 38.0 Å². The number of halogens is 1. The van der Waals surface area contributed by atoms with Gasteiger partial charge in [0.25, 0.3) is 0 Å². The number of hydrogen-bond donors (Lipinski definition) is 2. The highest BCUT2D eigenvalue weighted by Gasteiger charge is 2.36. The average molecular weight is 343 g/mol. The molecule has 0 bridgehead atoms. The molecule has 106 valence electrons. The molecule has 2 aliphatic rings. The normalized spacial score (nSPS) is 32.8. The first-order valence-electron chi connectivity index (χ1n) is 7.48. The second-order valence-electron chi connectivity index (χ2n) is 6.15. The van der Waals surface area contributed by atoms with Gasteiger partial charge in [0.05, 0.1) is 6.04 Å². The van der Waals surface area contributed by atoms with Crippen molar-refractivity contribution in [3.05, 3.63) is 20.8 Å². The van der Waals surface area contributed by atoms with Crippen LogP contribution < -0.4 is 11.3 Å². The lowest BCUT2D eigenvalue weighted by atomic mass is 9.66. The minimum absolute atomic E-state index is 0.331. The summed E-state index contributed by atoms with van der Waals surface area (Å²) in [7, 11) is 0. The molecule has 0 spiro atoms. The van der Waals surface area contributed by atoms with Crippen LogP contribution in [0.25, 0.3) is 0 Å². The third-order valence-electron chi connectivity index (χ3n) is 5.16. The summed E-state index contributed by atoms with van der Waals surface area (Å²) in [6.07, 6.45) is 9.93. The van der Waals surface area contributed by atoms with Crippen molar-refractivity contribution in [1.82, 2.24) is 5.43 Å². The lowest BCUT2D eigenvalue weighted by Crippen LogP contribution is -2.38. The Kier molecular flexibility index (Phi) is 4.62. The van der Waals surface area contributed by atoms with Crippen LogP contribution in [0.5, 0.6) is 0 Å². The molecular weight excluding hydrogens is 320 g/mol. The molecule has 1 aromatic rings. The molecule has 0 amide bonds. The lowest BCUT2D eigenvalue weighted by Gasteiger charge is -2.41. The Bertz CT molecular complexity index is 420. The molecule has 2 aliphatic carbocycles. The Labute approximate surface area is 128 Å². The van der Waals surface area contributed by atoms with E-state index >= 15 is 0 Å². The van der Waals surface area contributed by atoms with E-state index in [0.29, 0.717) is 12.0 Å². The number of nitrogens with one attached hydrogen (secondary N) is 1. The number of thiophene rings is 1. The summed E-state index contributed by atoms with van der Waals surface area (Å²) in [5.41, 5.74) is 3.09. The molecule has 0 aromatic carbocycles. The largest absolute Gasteiger partial charge is 0.271 e. The highest BCUT2D eigenvalue weighted by molar-refractivity contribution is 9.10. The molecule has 0 radical (unpaired) electrons. The van der Waals surface area contributed by atoms with E-state index in [0.717, 1.165) is 11.8 Å². The summed E-state index contributed by atoms with van der Waals surface area (Å²) in [6.45, 7) is 0. The van der Waals surface area contributed by atoms with Crippen molar-refractivity contribution in [2.24, 2.45) is 23.6 Å². The molecule has 3 N–H and O–H groups in total. The summed E-state index contributed by atoms with van der Waals surface area (Å²) in [4.78, 5) is 1.38. The monoisotopic (exact) mass is 342 g/mol. The molecule has 4 heteroatoms. The van der Waals surface area contributed by atoms with Crippen molar-refractivity contribution >= 4 is 27.3 Å². The van der Waals surface area contributed by atoms with Gasteiger partial charge in [-0.3, -0.25) is 11.3 Å². The number of fused-ring (bicyclic) bond motifs is 1. The third-order valence-corrected chi connectivity index (χ3v) is 7.11. The van der Waals surface area contributed by atoms with Crippen LogP contribution in [0, 0.1) is 17.8 Å². The van der Waals surface area contributed by atoms with Gasteiger partial charge in [0.15, 0.2) is 0 Å². The van der Waals surface area contributed by atoms with E-state index in [1.54, 1.807) is 0 Å². The number of nitrogens with two attached hydrogens (primary N) is 1. The van der Waals surface area contributed by atoms with Crippen LogP contribution >= 0.6 is 27.3 Å². The van der Waals surface area contributed by atoms with E-state index in [-0.39, 0.29) is 0 Å². The molecule has 2 fully saturated rings. The fourth-order valence-corrected chi connectivity index (χ4v) is 5.94. The van der Waals surface area contributed by atoms with Crippen LogP contribution in [-0.2, 0) is 0 Å². The van der Waals surface area contributed by atoms with Crippen LogP contribution in [-0.4, -0.2) is 0 Å². The Balaban J connectivity index is 1.72. The molecule has 4 unspecified atom stereocenters. The second kappa shape index (κ2) is 6.25. The van der Waals surface area contributed by atoms with Gasteiger partial charge in [-0.05, 0) is 64.4 Å². The Morgan fingerprint density at radius 3 is 2.68 bits per heavy atom. The van der Waals surface area contributed by atoms with Crippen molar-refractivity contribution in [2.45, 2.75) is 51.0 Å². The number of hydrogen-bond acceptors (Lipinski definition) is 3. The van der Waals surface area contributed by atoms with Crippen LogP contribution in [0.4, 0.5) is 0 Å². The summed E-state index contributed by atoms with van der Waals surface area (Å²) in [5, 5.41) is 2.15. The Morgan fingerprint density at radius 2 is 2.00 bits per heavy atom. The molecular formula is C15H23BrN2S. The zero-order valence-corrected chi connectivity index (χ0v) is 13.7.